The Morgan fingerprint density at radius 2 is 0.722 bits per heavy atom. The molecule has 0 unspecified atom stereocenters. The lowest BCUT2D eigenvalue weighted by Crippen LogP contribution is -2.40. The quantitative estimate of drug-likeness (QED) is 0.287. The maximum Gasteiger partial charge on any atom is 0.142 e. The van der Waals surface area contributed by atoms with Crippen molar-refractivity contribution in [2.45, 2.75) is 13.1 Å². The summed E-state index contributed by atoms with van der Waals surface area (Å²) < 4.78 is 29.6. The molecule has 4 nitrogen and oxygen atoms in total. The van der Waals surface area contributed by atoms with Gasteiger partial charge in [0.05, 0.1) is 25.1 Å². The van der Waals surface area contributed by atoms with Crippen molar-refractivity contribution in [2.24, 2.45) is 0 Å². The Labute approximate surface area is 214 Å². The normalized spacial score (nSPS) is 23.6. The van der Waals surface area contributed by atoms with Crippen molar-refractivity contribution in [2.75, 3.05) is 25.1 Å². The van der Waals surface area contributed by atoms with Crippen LogP contribution in [0.3, 0.4) is 0 Å². The van der Waals surface area contributed by atoms with Gasteiger partial charge < -0.3 is 9.13 Å². The summed E-state index contributed by atoms with van der Waals surface area (Å²) in [5.74, 6) is 0. The molecule has 0 aromatic heterocycles. The van der Waals surface area contributed by atoms with Crippen LogP contribution in [0.2, 0.25) is 0 Å². The largest absolute Gasteiger partial charge is 0.316 e. The first kappa shape index (κ1) is 24.9. The van der Waals surface area contributed by atoms with Gasteiger partial charge in [-0.1, -0.05) is 121 Å². The van der Waals surface area contributed by atoms with Gasteiger partial charge in [-0.15, -0.1) is 0 Å². The summed E-state index contributed by atoms with van der Waals surface area (Å²) >= 11 is 0. The molecule has 5 rings (SSSR count). The first-order chi connectivity index (χ1) is 17.5. The highest BCUT2D eigenvalue weighted by molar-refractivity contribution is 7.73. The summed E-state index contributed by atoms with van der Waals surface area (Å²) in [6.07, 6.45) is 1.59. The van der Waals surface area contributed by atoms with Crippen LogP contribution in [0.4, 0.5) is 0 Å². The van der Waals surface area contributed by atoms with E-state index in [-0.39, 0.29) is 0 Å². The maximum atomic E-state index is 14.8. The Bertz CT molecular complexity index is 1220. The van der Waals surface area contributed by atoms with Crippen molar-refractivity contribution >= 4 is 24.9 Å². The summed E-state index contributed by atoms with van der Waals surface area (Å²) in [5, 5.41) is 1.77. The van der Waals surface area contributed by atoms with E-state index < -0.39 is 14.3 Å². The molecule has 4 aromatic rings. The van der Waals surface area contributed by atoms with Crippen LogP contribution in [0.25, 0.3) is 0 Å². The zero-order chi connectivity index (χ0) is 24.8. The van der Waals surface area contributed by atoms with Gasteiger partial charge in [-0.05, 0) is 11.1 Å². The Kier molecular flexibility index (Phi) is 7.70. The lowest BCUT2D eigenvalue weighted by atomic mass is 10.2. The molecule has 0 saturated carbocycles. The summed E-state index contributed by atoms with van der Waals surface area (Å²) in [5.41, 5.74) is 2.27. The van der Waals surface area contributed by atoms with Crippen molar-refractivity contribution in [3.63, 3.8) is 0 Å². The number of nitrogens with zero attached hydrogens (tertiary/aromatic N) is 2. The molecule has 6 heteroatoms. The third-order valence-electron chi connectivity index (χ3n) is 6.67. The summed E-state index contributed by atoms with van der Waals surface area (Å²) in [6.45, 7) is 1.24. The summed E-state index contributed by atoms with van der Waals surface area (Å²) in [4.78, 5) is 4.35. The van der Waals surface area contributed by atoms with Gasteiger partial charge in [0.15, 0.2) is 0 Å². The molecule has 1 heterocycles. The first-order valence-corrected chi connectivity index (χ1v) is 16.5. The second-order valence-electron chi connectivity index (χ2n) is 9.64. The van der Waals surface area contributed by atoms with Gasteiger partial charge in [0.2, 0.25) is 0 Å². The topological polar surface area (TPSA) is 40.6 Å². The predicted molar refractivity (Wildman–Crippen MR) is 151 cm³/mol. The molecule has 1 saturated heterocycles. The third kappa shape index (κ3) is 5.97. The van der Waals surface area contributed by atoms with Crippen LogP contribution in [0.5, 0.6) is 0 Å². The van der Waals surface area contributed by atoms with E-state index in [0.717, 1.165) is 21.7 Å². The zero-order valence-electron chi connectivity index (χ0n) is 20.4. The molecule has 0 atom stereocenters. The summed E-state index contributed by atoms with van der Waals surface area (Å²) in [6, 6.07) is 40.2. The van der Waals surface area contributed by atoms with Crippen LogP contribution in [-0.4, -0.2) is 34.9 Å². The van der Waals surface area contributed by atoms with Gasteiger partial charge in [0.25, 0.3) is 0 Å². The minimum Gasteiger partial charge on any atom is -0.316 e. The highest BCUT2D eigenvalue weighted by atomic mass is 31.2. The average Bonchev–Trinajstić information content (AvgIpc) is 2.90. The third-order valence-corrected chi connectivity index (χ3v) is 12.6. The van der Waals surface area contributed by atoms with Crippen LogP contribution >= 0.6 is 14.3 Å². The zero-order valence-corrected chi connectivity index (χ0v) is 22.2. The maximum absolute atomic E-state index is 14.8. The van der Waals surface area contributed by atoms with Crippen molar-refractivity contribution in [1.29, 1.82) is 0 Å². The van der Waals surface area contributed by atoms with Gasteiger partial charge in [0.1, 0.15) is 14.3 Å². The molecular weight excluding hydrogens is 482 g/mol. The predicted octanol–water partition coefficient (Wildman–Crippen LogP) is 6.21. The lowest BCUT2D eigenvalue weighted by Gasteiger charge is -2.39. The van der Waals surface area contributed by atoms with E-state index in [1.54, 1.807) is 0 Å². The van der Waals surface area contributed by atoms with E-state index in [2.05, 4.69) is 34.1 Å². The monoisotopic (exact) mass is 514 g/mol. The fraction of sp³-hybridized carbons (Fsp3) is 0.200. The Morgan fingerprint density at radius 1 is 0.444 bits per heavy atom. The molecule has 0 aliphatic carbocycles. The lowest BCUT2D eigenvalue weighted by molar-refractivity contribution is 0.310. The fourth-order valence-corrected chi connectivity index (χ4v) is 11.0. The van der Waals surface area contributed by atoms with Crippen molar-refractivity contribution in [3.8, 4) is 0 Å². The number of hydrogen-bond donors (Lipinski definition) is 0. The van der Waals surface area contributed by atoms with Crippen molar-refractivity contribution in [3.05, 3.63) is 132 Å². The number of benzene rings is 4. The van der Waals surface area contributed by atoms with Crippen LogP contribution in [0.15, 0.2) is 121 Å². The van der Waals surface area contributed by atoms with Gasteiger partial charge in [-0.2, -0.15) is 0 Å². The molecule has 36 heavy (non-hydrogen) atoms. The molecule has 184 valence electrons. The highest BCUT2D eigenvalue weighted by Crippen LogP contribution is 2.54. The Hall–Kier alpha value is -2.74. The van der Waals surface area contributed by atoms with Crippen molar-refractivity contribution < 1.29 is 9.13 Å². The molecule has 1 fully saturated rings. The first-order valence-electron chi connectivity index (χ1n) is 12.3. The minimum absolute atomic E-state index is 0.397. The number of hydrogen-bond acceptors (Lipinski definition) is 4. The smallest absolute Gasteiger partial charge is 0.142 e. The fourth-order valence-electron chi connectivity index (χ4n) is 5.08. The molecule has 1 aliphatic rings. The van der Waals surface area contributed by atoms with E-state index in [1.165, 1.54) is 0 Å². The molecule has 0 spiro atoms. The molecular formula is C30H32N2O2P2. The molecule has 0 bridgehead atoms. The van der Waals surface area contributed by atoms with E-state index in [1.807, 2.05) is 97.1 Å². The van der Waals surface area contributed by atoms with Gasteiger partial charge in [0, 0.05) is 23.7 Å². The number of rotatable bonds is 6. The Balaban J connectivity index is 1.56. The van der Waals surface area contributed by atoms with Gasteiger partial charge in [-0.25, -0.2) is 0 Å². The van der Waals surface area contributed by atoms with E-state index >= 15 is 0 Å². The van der Waals surface area contributed by atoms with Crippen LogP contribution in [0.1, 0.15) is 11.1 Å². The molecule has 1 aliphatic heterocycles. The second kappa shape index (κ2) is 11.1. The van der Waals surface area contributed by atoms with Crippen LogP contribution < -0.4 is 10.6 Å². The molecule has 4 aromatic carbocycles. The average molecular weight is 515 g/mol. The van der Waals surface area contributed by atoms with Crippen LogP contribution in [0, 0.1) is 0 Å². The van der Waals surface area contributed by atoms with Crippen LogP contribution in [-0.2, 0) is 22.2 Å². The summed E-state index contributed by atoms with van der Waals surface area (Å²) in [7, 11) is -5.68. The standard InChI is InChI=1S/C30H32N2O2P2/c33-35(29-17-9-3-10-18-29)23-31(21-27-13-5-1-6-14-27)24-36(34,30-19-11-4-12-20-30)26-32(25-35)22-28-15-7-2-8-16-28/h1-20H,21-26H2. The van der Waals surface area contributed by atoms with Gasteiger partial charge >= 0.3 is 0 Å². The van der Waals surface area contributed by atoms with E-state index in [9.17, 15) is 9.13 Å². The van der Waals surface area contributed by atoms with E-state index in [4.69, 9.17) is 0 Å². The Morgan fingerprint density at radius 3 is 1.03 bits per heavy atom. The minimum atomic E-state index is -2.84. The SMILES string of the molecule is O=P1(c2ccccc2)CN(Cc2ccccc2)CP(=O)(c2ccccc2)CN(Cc2ccccc2)C1. The molecule has 0 N–H and O–H groups in total. The van der Waals surface area contributed by atoms with E-state index in [0.29, 0.717) is 38.2 Å². The molecule has 0 amide bonds. The molecule has 0 radical (unpaired) electrons. The van der Waals surface area contributed by atoms with Crippen molar-refractivity contribution in [1.82, 2.24) is 9.80 Å². The van der Waals surface area contributed by atoms with Gasteiger partial charge in [-0.3, -0.25) is 9.80 Å². The second-order valence-corrected chi connectivity index (χ2v) is 15.4. The highest BCUT2D eigenvalue weighted by Gasteiger charge is 2.39.